The Morgan fingerprint density at radius 1 is 1.16 bits per heavy atom. The minimum absolute atomic E-state index is 0.0348. The molecule has 1 unspecified atom stereocenters. The number of anilines is 2. The number of ether oxygens (including phenoxy) is 2. The molecule has 1 aliphatic heterocycles. The first-order valence-corrected chi connectivity index (χ1v) is 11.0. The first kappa shape index (κ1) is 21.6. The smallest absolute Gasteiger partial charge is 0.350 e. The van der Waals surface area contributed by atoms with E-state index in [4.69, 9.17) is 9.47 Å². The van der Waals surface area contributed by atoms with Crippen LogP contribution in [0.15, 0.2) is 54.6 Å². The summed E-state index contributed by atoms with van der Waals surface area (Å²) in [5.41, 5.74) is 2.61. The van der Waals surface area contributed by atoms with Gasteiger partial charge in [-0.25, -0.2) is 4.79 Å². The number of amides is 2. The van der Waals surface area contributed by atoms with E-state index in [0.29, 0.717) is 16.3 Å². The Kier molecular flexibility index (Phi) is 6.23. The third kappa shape index (κ3) is 4.36. The van der Waals surface area contributed by atoms with E-state index in [1.54, 1.807) is 32.2 Å². The van der Waals surface area contributed by atoms with E-state index in [2.05, 4.69) is 10.6 Å². The van der Waals surface area contributed by atoms with Crippen LogP contribution in [0.4, 0.5) is 11.4 Å². The number of hydrogen-bond donors (Lipinski definition) is 2. The standard InChI is InChI=1S/C24H22N2O5S/c1-3-31-24(29)22-19(13-20(32-22)14-8-10-15(30-2)11-9-14)26-23(28)17-12-21(27)25-18-7-5-4-6-16(17)18/h4-11,13,17H,3,12H2,1-2H3,(H,25,27)(H,26,28). The first-order chi connectivity index (χ1) is 15.5. The summed E-state index contributed by atoms with van der Waals surface area (Å²) in [7, 11) is 1.59. The predicted molar refractivity (Wildman–Crippen MR) is 123 cm³/mol. The lowest BCUT2D eigenvalue weighted by atomic mass is 9.90. The van der Waals surface area contributed by atoms with Crippen molar-refractivity contribution in [2.75, 3.05) is 24.4 Å². The van der Waals surface area contributed by atoms with Crippen molar-refractivity contribution in [3.8, 4) is 16.2 Å². The lowest BCUT2D eigenvalue weighted by molar-refractivity contribution is -0.123. The first-order valence-electron chi connectivity index (χ1n) is 10.1. The molecule has 1 aromatic heterocycles. The van der Waals surface area contributed by atoms with E-state index in [1.165, 1.54) is 11.3 Å². The highest BCUT2D eigenvalue weighted by Crippen LogP contribution is 2.38. The second-order valence-electron chi connectivity index (χ2n) is 7.18. The third-order valence-corrected chi connectivity index (χ3v) is 6.31. The molecule has 7 nitrogen and oxygen atoms in total. The number of para-hydroxylation sites is 1. The van der Waals surface area contributed by atoms with Gasteiger partial charge in [0, 0.05) is 17.0 Å². The zero-order valence-corrected chi connectivity index (χ0v) is 18.5. The van der Waals surface area contributed by atoms with Crippen LogP contribution in [0.2, 0.25) is 0 Å². The van der Waals surface area contributed by atoms with E-state index >= 15 is 0 Å². The molecule has 0 aliphatic carbocycles. The average molecular weight is 451 g/mol. The second-order valence-corrected chi connectivity index (χ2v) is 8.24. The van der Waals surface area contributed by atoms with Gasteiger partial charge >= 0.3 is 5.97 Å². The number of benzene rings is 2. The van der Waals surface area contributed by atoms with E-state index in [0.717, 1.165) is 21.8 Å². The number of nitrogens with one attached hydrogen (secondary N) is 2. The zero-order chi connectivity index (χ0) is 22.7. The summed E-state index contributed by atoms with van der Waals surface area (Å²) in [6, 6.07) is 16.4. The molecule has 0 radical (unpaired) electrons. The molecule has 0 bridgehead atoms. The van der Waals surface area contributed by atoms with Crippen molar-refractivity contribution < 1.29 is 23.9 Å². The Hall–Kier alpha value is -3.65. The Bertz CT molecular complexity index is 1170. The Labute approximate surface area is 189 Å². The lowest BCUT2D eigenvalue weighted by Crippen LogP contribution is -2.31. The number of fused-ring (bicyclic) bond motifs is 1. The fourth-order valence-electron chi connectivity index (χ4n) is 3.59. The summed E-state index contributed by atoms with van der Waals surface area (Å²) in [4.78, 5) is 39.0. The van der Waals surface area contributed by atoms with Crippen LogP contribution in [0.1, 0.15) is 34.5 Å². The van der Waals surface area contributed by atoms with Gasteiger partial charge in [0.25, 0.3) is 0 Å². The van der Waals surface area contributed by atoms with E-state index < -0.39 is 11.9 Å². The predicted octanol–water partition coefficient (Wildman–Crippen LogP) is 4.66. The molecule has 0 saturated carbocycles. The van der Waals surface area contributed by atoms with Crippen LogP contribution in [0.3, 0.4) is 0 Å². The number of hydrogen-bond acceptors (Lipinski definition) is 6. The van der Waals surface area contributed by atoms with E-state index in [-0.39, 0.29) is 24.8 Å². The maximum Gasteiger partial charge on any atom is 0.350 e. The molecule has 0 fully saturated rings. The molecule has 32 heavy (non-hydrogen) atoms. The molecule has 2 aromatic carbocycles. The molecular weight excluding hydrogens is 428 g/mol. The van der Waals surface area contributed by atoms with Gasteiger partial charge < -0.3 is 20.1 Å². The van der Waals surface area contributed by atoms with Gasteiger partial charge in [-0.05, 0) is 54.4 Å². The highest BCUT2D eigenvalue weighted by Gasteiger charge is 2.31. The van der Waals surface area contributed by atoms with Crippen molar-refractivity contribution in [3.63, 3.8) is 0 Å². The minimum atomic E-state index is -0.653. The summed E-state index contributed by atoms with van der Waals surface area (Å²) in [5, 5.41) is 5.65. The zero-order valence-electron chi connectivity index (χ0n) is 17.6. The molecule has 2 amide bonds. The highest BCUT2D eigenvalue weighted by atomic mass is 32.1. The van der Waals surface area contributed by atoms with Crippen LogP contribution in [-0.4, -0.2) is 31.5 Å². The van der Waals surface area contributed by atoms with E-state index in [1.807, 2.05) is 36.4 Å². The summed E-state index contributed by atoms with van der Waals surface area (Å²) in [6.07, 6.45) is 0.0348. The Balaban J connectivity index is 1.66. The summed E-state index contributed by atoms with van der Waals surface area (Å²) >= 11 is 1.24. The lowest BCUT2D eigenvalue weighted by Gasteiger charge is -2.24. The maximum absolute atomic E-state index is 13.2. The van der Waals surface area contributed by atoms with Gasteiger partial charge in [0.1, 0.15) is 10.6 Å². The topological polar surface area (TPSA) is 93.7 Å². The SMILES string of the molecule is CCOC(=O)c1sc(-c2ccc(OC)cc2)cc1NC(=O)C1CC(=O)Nc2ccccc21. The number of esters is 1. The number of carbonyl (C=O) groups is 3. The van der Waals surface area contributed by atoms with Gasteiger partial charge in [0.2, 0.25) is 11.8 Å². The van der Waals surface area contributed by atoms with Crippen LogP contribution in [-0.2, 0) is 14.3 Å². The highest BCUT2D eigenvalue weighted by molar-refractivity contribution is 7.18. The molecule has 0 spiro atoms. The normalized spacial score (nSPS) is 14.8. The average Bonchev–Trinajstić information content (AvgIpc) is 3.22. The van der Waals surface area contributed by atoms with Gasteiger partial charge in [-0.15, -0.1) is 11.3 Å². The molecule has 4 rings (SSSR count). The molecule has 0 saturated heterocycles. The molecule has 2 N–H and O–H groups in total. The monoisotopic (exact) mass is 450 g/mol. The number of methoxy groups -OCH3 is 1. The van der Waals surface area contributed by atoms with Crippen molar-refractivity contribution in [2.24, 2.45) is 0 Å². The number of rotatable bonds is 6. The van der Waals surface area contributed by atoms with Gasteiger partial charge in [-0.1, -0.05) is 18.2 Å². The van der Waals surface area contributed by atoms with Crippen molar-refractivity contribution in [2.45, 2.75) is 19.3 Å². The van der Waals surface area contributed by atoms with Gasteiger partial charge in [-0.3, -0.25) is 9.59 Å². The quantitative estimate of drug-likeness (QED) is 0.533. The van der Waals surface area contributed by atoms with Gasteiger partial charge in [0.15, 0.2) is 0 Å². The summed E-state index contributed by atoms with van der Waals surface area (Å²) in [5.74, 6) is -1.01. The molecule has 164 valence electrons. The Morgan fingerprint density at radius 3 is 2.62 bits per heavy atom. The van der Waals surface area contributed by atoms with Crippen LogP contribution in [0.5, 0.6) is 5.75 Å². The summed E-state index contributed by atoms with van der Waals surface area (Å²) < 4.78 is 10.4. The Morgan fingerprint density at radius 2 is 1.91 bits per heavy atom. The third-order valence-electron chi connectivity index (χ3n) is 5.14. The molecule has 2 heterocycles. The number of thiophene rings is 1. The van der Waals surface area contributed by atoms with Gasteiger partial charge in [0.05, 0.1) is 25.3 Å². The number of carbonyl (C=O) groups excluding carboxylic acids is 3. The van der Waals surface area contributed by atoms with Crippen molar-refractivity contribution in [1.29, 1.82) is 0 Å². The largest absolute Gasteiger partial charge is 0.497 e. The van der Waals surface area contributed by atoms with Crippen molar-refractivity contribution >= 4 is 40.5 Å². The fourth-order valence-corrected chi connectivity index (χ4v) is 4.61. The van der Waals surface area contributed by atoms with E-state index in [9.17, 15) is 14.4 Å². The molecule has 8 heteroatoms. The molecular formula is C24H22N2O5S. The summed E-state index contributed by atoms with van der Waals surface area (Å²) in [6.45, 7) is 1.95. The van der Waals surface area contributed by atoms with Crippen LogP contribution >= 0.6 is 11.3 Å². The van der Waals surface area contributed by atoms with Crippen LogP contribution in [0, 0.1) is 0 Å². The molecule has 1 aliphatic rings. The van der Waals surface area contributed by atoms with Gasteiger partial charge in [-0.2, -0.15) is 0 Å². The molecule has 1 atom stereocenters. The fraction of sp³-hybridized carbons (Fsp3) is 0.208. The second kappa shape index (κ2) is 9.23. The van der Waals surface area contributed by atoms with Crippen molar-refractivity contribution in [3.05, 3.63) is 65.0 Å². The van der Waals surface area contributed by atoms with Crippen LogP contribution < -0.4 is 15.4 Å². The minimum Gasteiger partial charge on any atom is -0.497 e. The maximum atomic E-state index is 13.2. The molecule has 3 aromatic rings. The van der Waals surface area contributed by atoms with Crippen molar-refractivity contribution in [1.82, 2.24) is 0 Å². The van der Waals surface area contributed by atoms with Crippen LogP contribution in [0.25, 0.3) is 10.4 Å².